The van der Waals surface area contributed by atoms with E-state index in [1.807, 2.05) is 23.6 Å². The second-order valence-electron chi connectivity index (χ2n) is 7.85. The van der Waals surface area contributed by atoms with E-state index < -0.39 is 0 Å². The molecule has 0 saturated carbocycles. The summed E-state index contributed by atoms with van der Waals surface area (Å²) in [4.78, 5) is 36.4. The lowest BCUT2D eigenvalue weighted by Crippen LogP contribution is -2.47. The summed E-state index contributed by atoms with van der Waals surface area (Å²) in [7, 11) is 6.10. The Balaban J connectivity index is 1.74. The largest absolute Gasteiger partial charge is 0.349 e. The lowest BCUT2D eigenvalue weighted by molar-refractivity contribution is 0.0657. The third-order valence-corrected chi connectivity index (χ3v) is 5.38. The van der Waals surface area contributed by atoms with Gasteiger partial charge >= 0.3 is 0 Å². The Kier molecular flexibility index (Phi) is 6.49. The Labute approximate surface area is 161 Å². The van der Waals surface area contributed by atoms with E-state index in [2.05, 4.69) is 27.1 Å². The highest BCUT2D eigenvalue weighted by atomic mass is 16.2. The molecule has 1 fully saturated rings. The smallest absolute Gasteiger partial charge is 0.287 e. The van der Waals surface area contributed by atoms with Crippen LogP contribution in [0.5, 0.6) is 0 Å². The van der Waals surface area contributed by atoms with E-state index in [0.29, 0.717) is 31.2 Å². The number of hydrogen-bond donors (Lipinski definition) is 1. The van der Waals surface area contributed by atoms with Crippen molar-refractivity contribution in [3.05, 3.63) is 17.2 Å². The Morgan fingerprint density at radius 1 is 1.11 bits per heavy atom. The highest BCUT2D eigenvalue weighted by Gasteiger charge is 2.30. The fourth-order valence-corrected chi connectivity index (χ4v) is 3.72. The van der Waals surface area contributed by atoms with Gasteiger partial charge in [-0.2, -0.15) is 0 Å². The minimum atomic E-state index is -0.172. The molecular weight excluding hydrogens is 344 g/mol. The number of fused-ring (bicyclic) bond motifs is 1. The van der Waals surface area contributed by atoms with Crippen molar-refractivity contribution in [1.82, 2.24) is 29.6 Å². The molecule has 2 amide bonds. The standard InChI is InChI=1S/C19H32N6O2/c1-22(2)9-6-8-20-18(26)17-21-16(15-7-4-5-10-25(15)17)19(27)24-13-11-23(3)12-14-24/h4-14H2,1-3H3,(H,20,26). The van der Waals surface area contributed by atoms with Gasteiger partial charge in [-0.25, -0.2) is 4.98 Å². The summed E-state index contributed by atoms with van der Waals surface area (Å²) in [6, 6.07) is 0. The van der Waals surface area contributed by atoms with Crippen LogP contribution in [0.25, 0.3) is 0 Å². The molecule has 0 radical (unpaired) electrons. The summed E-state index contributed by atoms with van der Waals surface area (Å²) < 4.78 is 1.97. The molecule has 0 atom stereocenters. The molecule has 1 N–H and O–H groups in total. The van der Waals surface area contributed by atoms with Crippen molar-refractivity contribution in [2.24, 2.45) is 0 Å². The SMILES string of the molecule is CN(C)CCCNC(=O)c1nc(C(=O)N2CCN(C)CC2)c2n1CCCC2. The zero-order chi connectivity index (χ0) is 19.4. The molecule has 8 nitrogen and oxygen atoms in total. The zero-order valence-corrected chi connectivity index (χ0v) is 16.8. The van der Waals surface area contributed by atoms with Gasteiger partial charge in [0.25, 0.3) is 11.8 Å². The van der Waals surface area contributed by atoms with Crippen molar-refractivity contribution in [1.29, 1.82) is 0 Å². The van der Waals surface area contributed by atoms with E-state index >= 15 is 0 Å². The highest BCUT2D eigenvalue weighted by molar-refractivity contribution is 5.97. The van der Waals surface area contributed by atoms with Gasteiger partial charge < -0.3 is 24.6 Å². The van der Waals surface area contributed by atoms with Crippen molar-refractivity contribution in [3.63, 3.8) is 0 Å². The van der Waals surface area contributed by atoms with Gasteiger partial charge in [-0.1, -0.05) is 0 Å². The van der Waals surface area contributed by atoms with E-state index in [1.165, 1.54) is 0 Å². The van der Waals surface area contributed by atoms with Crippen molar-refractivity contribution in [2.45, 2.75) is 32.2 Å². The maximum atomic E-state index is 13.0. The molecular formula is C19H32N6O2. The lowest BCUT2D eigenvalue weighted by Gasteiger charge is -2.32. The Morgan fingerprint density at radius 3 is 2.56 bits per heavy atom. The molecule has 2 aliphatic rings. The van der Waals surface area contributed by atoms with E-state index in [0.717, 1.165) is 57.6 Å². The second kappa shape index (κ2) is 8.84. The number of amides is 2. The molecule has 1 aromatic rings. The van der Waals surface area contributed by atoms with Gasteiger partial charge in [0.1, 0.15) is 5.69 Å². The van der Waals surface area contributed by atoms with E-state index in [1.54, 1.807) is 0 Å². The van der Waals surface area contributed by atoms with Gasteiger partial charge in [-0.15, -0.1) is 0 Å². The third-order valence-electron chi connectivity index (χ3n) is 5.38. The van der Waals surface area contributed by atoms with Gasteiger partial charge in [0, 0.05) is 39.3 Å². The average molecular weight is 377 g/mol. The first kappa shape index (κ1) is 19.8. The van der Waals surface area contributed by atoms with Crippen molar-refractivity contribution in [2.75, 3.05) is 60.4 Å². The summed E-state index contributed by atoms with van der Waals surface area (Å²) in [5, 5.41) is 2.96. The summed E-state index contributed by atoms with van der Waals surface area (Å²) in [5.41, 5.74) is 1.42. The third kappa shape index (κ3) is 4.68. The summed E-state index contributed by atoms with van der Waals surface area (Å²) in [6.45, 7) is 5.48. The molecule has 150 valence electrons. The molecule has 27 heavy (non-hydrogen) atoms. The van der Waals surface area contributed by atoms with Crippen LogP contribution in [0.4, 0.5) is 0 Å². The number of rotatable bonds is 6. The average Bonchev–Trinajstić information content (AvgIpc) is 3.05. The zero-order valence-electron chi connectivity index (χ0n) is 16.8. The second-order valence-corrected chi connectivity index (χ2v) is 7.85. The number of nitrogens with one attached hydrogen (secondary N) is 1. The first-order valence-corrected chi connectivity index (χ1v) is 9.97. The molecule has 3 heterocycles. The normalized spacial score (nSPS) is 17.9. The highest BCUT2D eigenvalue weighted by Crippen LogP contribution is 2.22. The molecule has 1 saturated heterocycles. The van der Waals surface area contributed by atoms with Gasteiger partial charge in [-0.3, -0.25) is 9.59 Å². The predicted octanol–water partition coefficient (Wildman–Crippen LogP) is 0.289. The van der Waals surface area contributed by atoms with Crippen LogP contribution < -0.4 is 5.32 Å². The van der Waals surface area contributed by atoms with Gasteiger partial charge in [0.2, 0.25) is 0 Å². The molecule has 3 rings (SSSR count). The lowest BCUT2D eigenvalue weighted by atomic mass is 10.1. The van der Waals surface area contributed by atoms with E-state index in [-0.39, 0.29) is 11.8 Å². The van der Waals surface area contributed by atoms with Crippen LogP contribution in [0.15, 0.2) is 0 Å². The molecule has 0 spiro atoms. The van der Waals surface area contributed by atoms with Crippen LogP contribution >= 0.6 is 0 Å². The Bertz CT molecular complexity index is 676. The van der Waals surface area contributed by atoms with Crippen LogP contribution in [0.2, 0.25) is 0 Å². The fourth-order valence-electron chi connectivity index (χ4n) is 3.72. The van der Waals surface area contributed by atoms with E-state index in [9.17, 15) is 9.59 Å². The molecule has 0 aliphatic carbocycles. The first-order chi connectivity index (χ1) is 13.0. The summed E-state index contributed by atoms with van der Waals surface area (Å²) in [6.07, 6.45) is 3.76. The maximum Gasteiger partial charge on any atom is 0.287 e. The molecule has 8 heteroatoms. The Hall–Kier alpha value is -1.93. The molecule has 2 aliphatic heterocycles. The number of hydrogen-bond acceptors (Lipinski definition) is 5. The van der Waals surface area contributed by atoms with Gasteiger partial charge in [0.05, 0.1) is 5.69 Å². The van der Waals surface area contributed by atoms with Crippen molar-refractivity contribution < 1.29 is 9.59 Å². The number of carbonyl (C=O) groups excluding carboxylic acids is 2. The monoisotopic (exact) mass is 376 g/mol. The molecule has 1 aromatic heterocycles. The molecule has 0 aromatic carbocycles. The number of imidazole rings is 1. The topological polar surface area (TPSA) is 73.7 Å². The predicted molar refractivity (Wildman–Crippen MR) is 104 cm³/mol. The van der Waals surface area contributed by atoms with Gasteiger partial charge in [0.15, 0.2) is 5.82 Å². The minimum Gasteiger partial charge on any atom is -0.349 e. The molecule has 0 unspecified atom stereocenters. The fraction of sp³-hybridized carbons (Fsp3) is 0.737. The van der Waals surface area contributed by atoms with Gasteiger partial charge in [-0.05, 0) is 53.4 Å². The Morgan fingerprint density at radius 2 is 1.85 bits per heavy atom. The number of aromatic nitrogens is 2. The van der Waals surface area contributed by atoms with Crippen molar-refractivity contribution in [3.8, 4) is 0 Å². The van der Waals surface area contributed by atoms with Crippen LogP contribution in [-0.2, 0) is 13.0 Å². The maximum absolute atomic E-state index is 13.0. The number of piperazine rings is 1. The number of likely N-dealkylation sites (N-methyl/N-ethyl adjacent to an activating group) is 1. The number of nitrogens with zero attached hydrogens (tertiary/aromatic N) is 5. The molecule has 0 bridgehead atoms. The van der Waals surface area contributed by atoms with Crippen LogP contribution in [0.1, 0.15) is 46.1 Å². The summed E-state index contributed by atoms with van der Waals surface area (Å²) in [5.74, 6) is 0.196. The van der Waals surface area contributed by atoms with Crippen molar-refractivity contribution >= 4 is 11.8 Å². The summed E-state index contributed by atoms with van der Waals surface area (Å²) >= 11 is 0. The minimum absolute atomic E-state index is 0.0274. The van der Waals surface area contributed by atoms with Crippen LogP contribution in [0, 0.1) is 0 Å². The number of carbonyl (C=O) groups is 2. The van der Waals surface area contributed by atoms with Crippen LogP contribution in [0.3, 0.4) is 0 Å². The van der Waals surface area contributed by atoms with E-state index in [4.69, 9.17) is 0 Å². The first-order valence-electron chi connectivity index (χ1n) is 9.97. The quantitative estimate of drug-likeness (QED) is 0.723. The van der Waals surface area contributed by atoms with Crippen LogP contribution in [-0.4, -0.2) is 96.5 Å².